The number of carbonyl (C=O) groups is 1. The quantitative estimate of drug-likeness (QED) is 0.543. The number of methoxy groups -OCH3 is 1. The van der Waals surface area contributed by atoms with Crippen molar-refractivity contribution >= 4 is 17.3 Å². The second-order valence-corrected chi connectivity index (χ2v) is 3.58. The summed E-state index contributed by atoms with van der Waals surface area (Å²) in [6.45, 7) is 0.792. The summed E-state index contributed by atoms with van der Waals surface area (Å²) >= 11 is 1.49. The highest BCUT2D eigenvalue weighted by molar-refractivity contribution is 7.07. The molecule has 0 aliphatic carbocycles. The summed E-state index contributed by atoms with van der Waals surface area (Å²) in [5.74, 6) is -0.347. The number of hydrogen-bond donors (Lipinski definition) is 0. The maximum Gasteiger partial charge on any atom is 0.319 e. The van der Waals surface area contributed by atoms with Crippen LogP contribution in [-0.4, -0.2) is 36.1 Å². The van der Waals surface area contributed by atoms with Crippen molar-refractivity contribution < 1.29 is 9.53 Å². The minimum atomic E-state index is -0.347. The van der Waals surface area contributed by atoms with Crippen LogP contribution in [0.4, 0.5) is 0 Å². The predicted molar refractivity (Wildman–Crippen MR) is 55.0 cm³/mol. The Bertz CT molecular complexity index is 345. The van der Waals surface area contributed by atoms with E-state index in [4.69, 9.17) is 5.26 Å². The summed E-state index contributed by atoms with van der Waals surface area (Å²) in [5.41, 5.74) is 2.58. The van der Waals surface area contributed by atoms with Gasteiger partial charge in [-0.25, -0.2) is 4.98 Å². The fraction of sp³-hybridized carbons (Fsp3) is 0.444. The number of carbonyl (C=O) groups excluding carboxylic acids is 1. The van der Waals surface area contributed by atoms with E-state index in [2.05, 4.69) is 9.72 Å². The molecular weight excluding hydrogens is 214 g/mol. The van der Waals surface area contributed by atoms with Gasteiger partial charge in [0.25, 0.3) is 0 Å². The van der Waals surface area contributed by atoms with Gasteiger partial charge in [-0.3, -0.25) is 9.69 Å². The molecule has 0 N–H and O–H groups in total. The van der Waals surface area contributed by atoms with E-state index in [1.54, 1.807) is 10.4 Å². The average Bonchev–Trinajstić information content (AvgIpc) is 2.70. The first kappa shape index (κ1) is 11.6. The monoisotopic (exact) mass is 225 g/mol. The van der Waals surface area contributed by atoms with Crippen molar-refractivity contribution in [3.63, 3.8) is 0 Å². The summed E-state index contributed by atoms with van der Waals surface area (Å²) in [4.78, 5) is 16.8. The fourth-order valence-corrected chi connectivity index (χ4v) is 1.61. The van der Waals surface area contributed by atoms with Gasteiger partial charge in [-0.1, -0.05) is 0 Å². The van der Waals surface area contributed by atoms with Crippen LogP contribution in [0.5, 0.6) is 0 Å². The Balaban J connectivity index is 2.51. The molecule has 0 bridgehead atoms. The van der Waals surface area contributed by atoms with Crippen LogP contribution in [0.15, 0.2) is 10.9 Å². The SMILES string of the molecule is COC(=O)CN(CC#N)Cc1cscn1. The third-order valence-corrected chi connectivity index (χ3v) is 2.38. The van der Waals surface area contributed by atoms with Crippen LogP contribution in [0.2, 0.25) is 0 Å². The van der Waals surface area contributed by atoms with Gasteiger partial charge >= 0.3 is 5.97 Å². The average molecular weight is 225 g/mol. The number of nitriles is 1. The molecule has 6 heteroatoms. The lowest BCUT2D eigenvalue weighted by molar-refractivity contribution is -0.141. The van der Waals surface area contributed by atoms with Gasteiger partial charge in [-0.2, -0.15) is 5.26 Å². The Morgan fingerprint density at radius 3 is 3.13 bits per heavy atom. The van der Waals surface area contributed by atoms with Crippen LogP contribution < -0.4 is 0 Å². The molecule has 0 unspecified atom stereocenters. The number of nitrogens with zero attached hydrogens (tertiary/aromatic N) is 3. The van der Waals surface area contributed by atoms with E-state index < -0.39 is 0 Å². The van der Waals surface area contributed by atoms with Gasteiger partial charge in [-0.05, 0) is 0 Å². The third-order valence-electron chi connectivity index (χ3n) is 1.74. The molecule has 1 heterocycles. The molecule has 0 atom stereocenters. The van der Waals surface area contributed by atoms with Crippen molar-refractivity contribution in [3.8, 4) is 6.07 Å². The van der Waals surface area contributed by atoms with E-state index in [1.165, 1.54) is 18.4 Å². The van der Waals surface area contributed by atoms with Gasteiger partial charge in [0.05, 0.1) is 37.5 Å². The molecule has 1 rings (SSSR count). The molecule has 0 saturated heterocycles. The molecule has 0 saturated carbocycles. The van der Waals surface area contributed by atoms with E-state index in [9.17, 15) is 4.79 Å². The van der Waals surface area contributed by atoms with Gasteiger partial charge in [0.15, 0.2) is 0 Å². The van der Waals surface area contributed by atoms with Gasteiger partial charge < -0.3 is 4.74 Å². The molecule has 15 heavy (non-hydrogen) atoms. The van der Waals surface area contributed by atoms with Gasteiger partial charge in [-0.15, -0.1) is 11.3 Å². The van der Waals surface area contributed by atoms with Crippen molar-refractivity contribution in [2.75, 3.05) is 20.2 Å². The van der Waals surface area contributed by atoms with E-state index in [-0.39, 0.29) is 19.1 Å². The minimum Gasteiger partial charge on any atom is -0.468 e. The molecule has 0 aliphatic rings. The van der Waals surface area contributed by atoms with E-state index >= 15 is 0 Å². The molecule has 80 valence electrons. The molecule has 1 aromatic rings. The van der Waals surface area contributed by atoms with Crippen molar-refractivity contribution in [3.05, 3.63) is 16.6 Å². The van der Waals surface area contributed by atoms with Crippen LogP contribution in [0, 0.1) is 11.3 Å². The Hall–Kier alpha value is -1.45. The molecule has 0 fully saturated rings. The first-order valence-corrected chi connectivity index (χ1v) is 5.23. The molecule has 0 aliphatic heterocycles. The molecule has 0 spiro atoms. The topological polar surface area (TPSA) is 66.2 Å². The van der Waals surface area contributed by atoms with Crippen molar-refractivity contribution in [1.29, 1.82) is 5.26 Å². The van der Waals surface area contributed by atoms with E-state index in [1.807, 2.05) is 11.4 Å². The highest BCUT2D eigenvalue weighted by Crippen LogP contribution is 2.05. The highest BCUT2D eigenvalue weighted by atomic mass is 32.1. The molecule has 0 radical (unpaired) electrons. The standard InChI is InChI=1S/C9H11N3O2S/c1-14-9(13)5-12(3-2-10)4-8-6-15-7-11-8/h6-7H,3-5H2,1H3. The van der Waals surface area contributed by atoms with Crippen LogP contribution in [0.25, 0.3) is 0 Å². The zero-order chi connectivity index (χ0) is 11.1. The smallest absolute Gasteiger partial charge is 0.319 e. The van der Waals surface area contributed by atoms with Crippen molar-refractivity contribution in [2.24, 2.45) is 0 Å². The molecular formula is C9H11N3O2S. The Morgan fingerprint density at radius 1 is 1.80 bits per heavy atom. The van der Waals surface area contributed by atoms with Gasteiger partial charge in [0.2, 0.25) is 0 Å². The van der Waals surface area contributed by atoms with E-state index in [0.717, 1.165) is 5.69 Å². The summed E-state index contributed by atoms with van der Waals surface area (Å²) in [6.07, 6.45) is 0. The second-order valence-electron chi connectivity index (χ2n) is 2.86. The number of hydrogen-bond acceptors (Lipinski definition) is 6. The lowest BCUT2D eigenvalue weighted by Gasteiger charge is -2.15. The predicted octanol–water partition coefficient (Wildman–Crippen LogP) is 0.642. The summed E-state index contributed by atoms with van der Waals surface area (Å²) in [6, 6.07) is 2.00. The lowest BCUT2D eigenvalue weighted by Crippen LogP contribution is -2.30. The second kappa shape index (κ2) is 6.11. The summed E-state index contributed by atoms with van der Waals surface area (Å²) in [7, 11) is 1.33. The normalized spacial score (nSPS) is 9.93. The number of thiazole rings is 1. The maximum absolute atomic E-state index is 11.0. The Kier molecular flexibility index (Phi) is 4.74. The summed E-state index contributed by atoms with van der Waals surface area (Å²) < 4.78 is 4.54. The van der Waals surface area contributed by atoms with Crippen LogP contribution in [0.1, 0.15) is 5.69 Å². The minimum absolute atomic E-state index is 0.113. The maximum atomic E-state index is 11.0. The molecule has 5 nitrogen and oxygen atoms in total. The number of ether oxygens (including phenoxy) is 1. The van der Waals surface area contributed by atoms with Gasteiger partial charge in [0.1, 0.15) is 0 Å². The first-order valence-electron chi connectivity index (χ1n) is 4.29. The number of esters is 1. The number of aromatic nitrogens is 1. The van der Waals surface area contributed by atoms with Crippen molar-refractivity contribution in [2.45, 2.75) is 6.54 Å². The highest BCUT2D eigenvalue weighted by Gasteiger charge is 2.11. The number of rotatable bonds is 5. The largest absolute Gasteiger partial charge is 0.468 e. The zero-order valence-electron chi connectivity index (χ0n) is 8.34. The van der Waals surface area contributed by atoms with Gasteiger partial charge in [0, 0.05) is 11.9 Å². The van der Waals surface area contributed by atoms with Crippen LogP contribution >= 0.6 is 11.3 Å². The summed E-state index contributed by atoms with van der Waals surface area (Å²) in [5, 5.41) is 10.5. The first-order chi connectivity index (χ1) is 7.26. The Morgan fingerprint density at radius 2 is 2.60 bits per heavy atom. The zero-order valence-corrected chi connectivity index (χ0v) is 9.16. The third kappa shape index (κ3) is 4.06. The van der Waals surface area contributed by atoms with Crippen LogP contribution in [-0.2, 0) is 16.1 Å². The van der Waals surface area contributed by atoms with Crippen molar-refractivity contribution in [1.82, 2.24) is 9.88 Å². The molecule has 0 aromatic carbocycles. The van der Waals surface area contributed by atoms with E-state index in [0.29, 0.717) is 6.54 Å². The fourth-order valence-electron chi connectivity index (χ4n) is 1.06. The van der Waals surface area contributed by atoms with Crippen LogP contribution in [0.3, 0.4) is 0 Å². The molecule has 0 amide bonds. The molecule has 1 aromatic heterocycles. The lowest BCUT2D eigenvalue weighted by atomic mass is 10.4. The Labute approximate surface area is 91.9 Å².